The van der Waals surface area contributed by atoms with Gasteiger partial charge in [-0.05, 0) is 24.5 Å². The van der Waals surface area contributed by atoms with Crippen LogP contribution < -0.4 is 10.7 Å². The van der Waals surface area contributed by atoms with Gasteiger partial charge in [-0.25, -0.2) is 8.42 Å². The molecule has 1 aromatic heterocycles. The van der Waals surface area contributed by atoms with Gasteiger partial charge in [0, 0.05) is 12.6 Å². The third-order valence-electron chi connectivity index (χ3n) is 3.74. The Morgan fingerprint density at radius 1 is 1.32 bits per heavy atom. The van der Waals surface area contributed by atoms with E-state index in [9.17, 15) is 18.0 Å². The number of sulfone groups is 1. The van der Waals surface area contributed by atoms with E-state index in [4.69, 9.17) is 4.42 Å². The summed E-state index contributed by atoms with van der Waals surface area (Å²) in [6.45, 7) is 0.259. The summed E-state index contributed by atoms with van der Waals surface area (Å²) in [5, 5.41) is 3.05. The Hall–Kier alpha value is -2.15. The van der Waals surface area contributed by atoms with Gasteiger partial charge in [0.2, 0.25) is 0 Å². The minimum absolute atomic E-state index is 0.0652. The number of benzene rings is 1. The Labute approximate surface area is 127 Å². The van der Waals surface area contributed by atoms with Gasteiger partial charge in [-0.15, -0.1) is 0 Å². The molecule has 1 atom stereocenters. The van der Waals surface area contributed by atoms with Crippen molar-refractivity contribution in [3.63, 3.8) is 0 Å². The minimum Gasteiger partial charge on any atom is -0.451 e. The van der Waals surface area contributed by atoms with Gasteiger partial charge >= 0.3 is 0 Å². The van der Waals surface area contributed by atoms with Gasteiger partial charge in [0.1, 0.15) is 5.58 Å². The lowest BCUT2D eigenvalue weighted by molar-refractivity contribution is 0.0921. The standard InChI is InChI=1S/C15H15NO5S/c17-12-7-14(21-13-4-2-1-3-11(12)13)15(18)16-8-10-5-6-22(19,20)9-10/h1-4,7,10H,5-6,8-9H2,(H,16,18). The molecule has 0 saturated carbocycles. The highest BCUT2D eigenvalue weighted by Gasteiger charge is 2.28. The van der Waals surface area contributed by atoms with Gasteiger partial charge in [0.25, 0.3) is 5.91 Å². The summed E-state index contributed by atoms with van der Waals surface area (Å²) in [5.41, 5.74) is 0.0686. The molecular weight excluding hydrogens is 306 g/mol. The normalized spacial score (nSPS) is 20.1. The molecule has 3 rings (SSSR count). The fourth-order valence-corrected chi connectivity index (χ4v) is 4.43. The quantitative estimate of drug-likeness (QED) is 0.909. The van der Waals surface area contributed by atoms with Crippen LogP contribution in [0.4, 0.5) is 0 Å². The zero-order valence-corrected chi connectivity index (χ0v) is 12.6. The lowest BCUT2D eigenvalue weighted by Gasteiger charge is -2.09. The number of carbonyl (C=O) groups excluding carboxylic acids is 1. The van der Waals surface area contributed by atoms with E-state index in [1.54, 1.807) is 24.3 Å². The van der Waals surface area contributed by atoms with E-state index in [0.717, 1.165) is 6.07 Å². The molecular formula is C15H15NO5S. The maximum absolute atomic E-state index is 12.1. The predicted octanol–water partition coefficient (Wildman–Crippen LogP) is 0.958. The number of carbonyl (C=O) groups is 1. The zero-order valence-electron chi connectivity index (χ0n) is 11.7. The Bertz CT molecular complexity index is 884. The number of rotatable bonds is 3. The summed E-state index contributed by atoms with van der Waals surface area (Å²) in [5.74, 6) is -0.397. The lowest BCUT2D eigenvalue weighted by atomic mass is 10.1. The van der Waals surface area contributed by atoms with Gasteiger partial charge in [-0.2, -0.15) is 0 Å². The molecule has 0 radical (unpaired) electrons. The van der Waals surface area contributed by atoms with Gasteiger partial charge < -0.3 is 9.73 Å². The molecule has 6 nitrogen and oxygen atoms in total. The van der Waals surface area contributed by atoms with Crippen molar-refractivity contribution in [2.75, 3.05) is 18.1 Å². The van der Waals surface area contributed by atoms with Crippen molar-refractivity contribution in [1.29, 1.82) is 0 Å². The Morgan fingerprint density at radius 3 is 2.82 bits per heavy atom. The fourth-order valence-electron chi connectivity index (χ4n) is 2.57. The van der Waals surface area contributed by atoms with E-state index in [2.05, 4.69) is 5.32 Å². The second kappa shape index (κ2) is 5.57. The molecule has 1 aliphatic rings. The lowest BCUT2D eigenvalue weighted by Crippen LogP contribution is -2.30. The Morgan fingerprint density at radius 2 is 2.09 bits per heavy atom. The van der Waals surface area contributed by atoms with Crippen LogP contribution in [0.1, 0.15) is 17.0 Å². The molecule has 1 aliphatic heterocycles. The van der Waals surface area contributed by atoms with Crippen LogP contribution in [0.15, 0.2) is 39.5 Å². The molecule has 2 aromatic rings. The number of nitrogens with one attached hydrogen (secondary N) is 1. The van der Waals surface area contributed by atoms with Crippen LogP contribution >= 0.6 is 0 Å². The van der Waals surface area contributed by atoms with Crippen molar-refractivity contribution in [2.45, 2.75) is 6.42 Å². The third kappa shape index (κ3) is 3.04. The monoisotopic (exact) mass is 321 g/mol. The van der Waals surface area contributed by atoms with Crippen molar-refractivity contribution in [1.82, 2.24) is 5.32 Å². The Balaban J connectivity index is 1.74. The zero-order chi connectivity index (χ0) is 15.7. The summed E-state index contributed by atoms with van der Waals surface area (Å²) >= 11 is 0. The Kier molecular flexibility index (Phi) is 3.74. The summed E-state index contributed by atoms with van der Waals surface area (Å²) in [4.78, 5) is 24.0. The first kappa shape index (κ1) is 14.8. The van der Waals surface area contributed by atoms with Crippen molar-refractivity contribution in [3.8, 4) is 0 Å². The van der Waals surface area contributed by atoms with Crippen LogP contribution in [0, 0.1) is 5.92 Å². The number of hydrogen-bond donors (Lipinski definition) is 1. The topological polar surface area (TPSA) is 93.5 Å². The molecule has 116 valence electrons. The van der Waals surface area contributed by atoms with E-state index in [-0.39, 0.29) is 35.2 Å². The second-order valence-electron chi connectivity index (χ2n) is 5.45. The number of fused-ring (bicyclic) bond motifs is 1. The van der Waals surface area contributed by atoms with E-state index in [1.807, 2.05) is 0 Å². The largest absolute Gasteiger partial charge is 0.451 e. The van der Waals surface area contributed by atoms with Crippen LogP contribution in [0.25, 0.3) is 11.0 Å². The van der Waals surface area contributed by atoms with Crippen molar-refractivity contribution >= 4 is 26.7 Å². The third-order valence-corrected chi connectivity index (χ3v) is 5.57. The first-order chi connectivity index (χ1) is 10.4. The molecule has 2 heterocycles. The maximum atomic E-state index is 12.1. The fraction of sp³-hybridized carbons (Fsp3) is 0.333. The predicted molar refractivity (Wildman–Crippen MR) is 81.6 cm³/mol. The van der Waals surface area contributed by atoms with Crippen molar-refractivity contribution in [2.24, 2.45) is 5.92 Å². The number of hydrogen-bond acceptors (Lipinski definition) is 5. The van der Waals surface area contributed by atoms with Crippen LogP contribution in [0.5, 0.6) is 0 Å². The summed E-state index contributed by atoms with van der Waals surface area (Å²) in [6, 6.07) is 7.85. The van der Waals surface area contributed by atoms with Gasteiger partial charge in [-0.3, -0.25) is 9.59 Å². The molecule has 1 unspecified atom stereocenters. The number of para-hydroxylation sites is 1. The molecule has 0 spiro atoms. The molecule has 1 fully saturated rings. The molecule has 7 heteroatoms. The summed E-state index contributed by atoms with van der Waals surface area (Å²) in [7, 11) is -2.97. The molecule has 0 aliphatic carbocycles. The molecule has 22 heavy (non-hydrogen) atoms. The van der Waals surface area contributed by atoms with Gasteiger partial charge in [-0.1, -0.05) is 12.1 Å². The van der Waals surface area contributed by atoms with Crippen LogP contribution in [0.3, 0.4) is 0 Å². The number of amides is 1. The van der Waals surface area contributed by atoms with Gasteiger partial charge in [0.05, 0.1) is 16.9 Å². The van der Waals surface area contributed by atoms with E-state index >= 15 is 0 Å². The average molecular weight is 321 g/mol. The van der Waals surface area contributed by atoms with Crippen LogP contribution in [0.2, 0.25) is 0 Å². The molecule has 1 N–H and O–H groups in total. The smallest absolute Gasteiger partial charge is 0.287 e. The first-order valence-corrected chi connectivity index (χ1v) is 8.78. The highest BCUT2D eigenvalue weighted by molar-refractivity contribution is 7.91. The van der Waals surface area contributed by atoms with Crippen LogP contribution in [-0.2, 0) is 9.84 Å². The average Bonchev–Trinajstić information content (AvgIpc) is 2.84. The highest BCUT2D eigenvalue weighted by Crippen LogP contribution is 2.17. The summed E-state index contributed by atoms with van der Waals surface area (Å²) < 4.78 is 28.2. The molecule has 0 bridgehead atoms. The summed E-state index contributed by atoms with van der Waals surface area (Å²) in [6.07, 6.45) is 0.546. The SMILES string of the molecule is O=C(NCC1CCS(=O)(=O)C1)c1cc(=O)c2ccccc2o1. The molecule has 1 saturated heterocycles. The van der Waals surface area contributed by atoms with Crippen molar-refractivity contribution < 1.29 is 17.6 Å². The van der Waals surface area contributed by atoms with Gasteiger partial charge in [0.15, 0.2) is 21.0 Å². The van der Waals surface area contributed by atoms with E-state index < -0.39 is 15.7 Å². The highest BCUT2D eigenvalue weighted by atomic mass is 32.2. The van der Waals surface area contributed by atoms with Crippen molar-refractivity contribution in [3.05, 3.63) is 46.3 Å². The molecule has 1 aromatic carbocycles. The van der Waals surface area contributed by atoms with Crippen LogP contribution in [-0.4, -0.2) is 32.4 Å². The van der Waals surface area contributed by atoms with E-state index in [1.165, 1.54) is 0 Å². The minimum atomic E-state index is -2.97. The van der Waals surface area contributed by atoms with E-state index in [0.29, 0.717) is 17.4 Å². The molecule has 1 amide bonds. The second-order valence-corrected chi connectivity index (χ2v) is 7.68. The first-order valence-electron chi connectivity index (χ1n) is 6.96. The maximum Gasteiger partial charge on any atom is 0.287 e.